The van der Waals surface area contributed by atoms with E-state index in [2.05, 4.69) is 5.32 Å². The minimum Gasteiger partial charge on any atom is -0.497 e. The summed E-state index contributed by atoms with van der Waals surface area (Å²) >= 11 is 0.867. The maximum absolute atomic E-state index is 12.6. The van der Waals surface area contributed by atoms with Gasteiger partial charge < -0.3 is 18.9 Å². The number of benzene rings is 3. The van der Waals surface area contributed by atoms with Gasteiger partial charge in [0, 0.05) is 6.07 Å². The Morgan fingerprint density at radius 2 is 1.38 bits per heavy atom. The molecule has 0 bridgehead atoms. The summed E-state index contributed by atoms with van der Waals surface area (Å²) in [5.41, 5.74) is 2.47. The van der Waals surface area contributed by atoms with Crippen molar-refractivity contribution in [3.8, 4) is 23.0 Å². The van der Waals surface area contributed by atoms with Gasteiger partial charge in [0.2, 0.25) is 0 Å². The van der Waals surface area contributed by atoms with Gasteiger partial charge in [0.25, 0.3) is 11.1 Å². The third-order valence-electron chi connectivity index (χ3n) is 5.31. The van der Waals surface area contributed by atoms with Gasteiger partial charge in [0.05, 0.1) is 31.8 Å². The smallest absolute Gasteiger partial charge is 0.338 e. The predicted octanol–water partition coefficient (Wildman–Crippen LogP) is 5.53. The van der Waals surface area contributed by atoms with Crippen LogP contribution in [0.15, 0.2) is 71.6 Å². The molecule has 3 aromatic rings. The van der Waals surface area contributed by atoms with Crippen LogP contribution in [0.3, 0.4) is 0 Å². The van der Waals surface area contributed by atoms with Crippen molar-refractivity contribution in [2.75, 3.05) is 21.3 Å². The first kappa shape index (κ1) is 25.6. The molecule has 0 atom stereocenters. The van der Waals surface area contributed by atoms with Gasteiger partial charge in [-0.15, -0.1) is 0 Å². The molecule has 0 radical (unpaired) electrons. The van der Waals surface area contributed by atoms with E-state index in [1.54, 1.807) is 93.1 Å². The van der Waals surface area contributed by atoms with E-state index in [9.17, 15) is 14.4 Å². The van der Waals surface area contributed by atoms with Crippen LogP contribution in [0.4, 0.5) is 4.79 Å². The van der Waals surface area contributed by atoms with E-state index in [0.29, 0.717) is 44.6 Å². The van der Waals surface area contributed by atoms with Crippen LogP contribution in [-0.4, -0.2) is 38.4 Å². The molecule has 1 heterocycles. The lowest BCUT2D eigenvalue weighted by molar-refractivity contribution is -0.133. The fraction of sp³-hybridized carbons (Fsp3) is 0.107. The van der Waals surface area contributed by atoms with Crippen molar-refractivity contribution in [1.29, 1.82) is 0 Å². The summed E-state index contributed by atoms with van der Waals surface area (Å²) in [5.74, 6) is 1.46. The largest absolute Gasteiger partial charge is 0.497 e. The minimum atomic E-state index is -0.490. The van der Waals surface area contributed by atoms with Crippen LogP contribution in [0.25, 0.3) is 17.7 Å². The van der Waals surface area contributed by atoms with Crippen molar-refractivity contribution in [2.45, 2.75) is 0 Å². The molecule has 0 spiro atoms. The van der Waals surface area contributed by atoms with Crippen LogP contribution in [0.5, 0.6) is 23.0 Å². The van der Waals surface area contributed by atoms with Crippen LogP contribution in [-0.2, 0) is 14.3 Å². The molecule has 1 saturated heterocycles. The summed E-state index contributed by atoms with van der Waals surface area (Å²) in [7, 11) is 4.44. The Labute approximate surface area is 217 Å². The van der Waals surface area contributed by atoms with Crippen LogP contribution in [0.2, 0.25) is 0 Å². The molecule has 0 unspecified atom stereocenters. The van der Waals surface area contributed by atoms with Crippen molar-refractivity contribution in [2.24, 2.45) is 0 Å². The first-order chi connectivity index (χ1) is 17.9. The lowest BCUT2D eigenvalue weighted by atomic mass is 10.0. The van der Waals surface area contributed by atoms with E-state index in [1.807, 2.05) is 0 Å². The zero-order chi connectivity index (χ0) is 26.4. The molecule has 0 aromatic heterocycles. The lowest BCUT2D eigenvalue weighted by Gasteiger charge is -2.10. The van der Waals surface area contributed by atoms with E-state index in [1.165, 1.54) is 7.11 Å². The number of thioether (sulfide) groups is 1. The molecular formula is C28H23NO7S. The fourth-order valence-electron chi connectivity index (χ4n) is 3.49. The Balaban J connectivity index is 1.52. The molecule has 188 valence electrons. The highest BCUT2D eigenvalue weighted by Crippen LogP contribution is 2.30. The highest BCUT2D eigenvalue weighted by Gasteiger charge is 2.24. The third-order valence-corrected chi connectivity index (χ3v) is 6.12. The Hall–Kier alpha value is -4.50. The molecule has 1 N–H and O–H groups in total. The van der Waals surface area contributed by atoms with Gasteiger partial charge in [-0.25, -0.2) is 4.79 Å². The molecule has 0 saturated carbocycles. The number of amides is 2. The second kappa shape index (κ2) is 11.5. The van der Waals surface area contributed by atoms with E-state index >= 15 is 0 Å². The summed E-state index contributed by atoms with van der Waals surface area (Å²) in [6.45, 7) is 0. The topological polar surface area (TPSA) is 100 Å². The normalized spacial score (nSPS) is 14.4. The van der Waals surface area contributed by atoms with Crippen LogP contribution in [0.1, 0.15) is 16.7 Å². The molecule has 0 aliphatic carbocycles. The number of methoxy groups -OCH3 is 3. The maximum Gasteiger partial charge on any atom is 0.338 e. The van der Waals surface area contributed by atoms with Crippen molar-refractivity contribution in [3.05, 3.63) is 88.3 Å². The molecule has 37 heavy (non-hydrogen) atoms. The van der Waals surface area contributed by atoms with E-state index < -0.39 is 11.9 Å². The van der Waals surface area contributed by atoms with Crippen LogP contribution in [0, 0.1) is 0 Å². The van der Waals surface area contributed by atoms with Crippen molar-refractivity contribution in [3.63, 3.8) is 0 Å². The van der Waals surface area contributed by atoms with E-state index in [-0.39, 0.29) is 5.24 Å². The molecular weight excluding hydrogens is 494 g/mol. The third kappa shape index (κ3) is 6.39. The Kier molecular flexibility index (Phi) is 7.95. The molecule has 9 heteroatoms. The maximum atomic E-state index is 12.6. The summed E-state index contributed by atoms with van der Waals surface area (Å²) in [4.78, 5) is 35.9. The van der Waals surface area contributed by atoms with Gasteiger partial charge in [-0.05, 0) is 77.0 Å². The Bertz CT molecular complexity index is 1370. The lowest BCUT2D eigenvalue weighted by Crippen LogP contribution is -2.17. The fourth-order valence-corrected chi connectivity index (χ4v) is 4.17. The molecule has 2 amide bonds. The monoisotopic (exact) mass is 517 g/mol. The number of carbonyl (C=O) groups excluding carboxylic acids is 3. The van der Waals surface area contributed by atoms with Crippen LogP contribution < -0.4 is 19.5 Å². The number of rotatable bonds is 8. The summed E-state index contributed by atoms with van der Waals surface area (Å²) in [6.07, 6.45) is 3.35. The Morgan fingerprint density at radius 3 is 1.89 bits per heavy atom. The number of esters is 1. The SMILES string of the molecule is COC(=O)/C(=C\c1cc(OC)cc(OC)c1)c1ccc(Oc2ccc(/C=C3\SC(=O)NC3=O)cc2)cc1. The van der Waals surface area contributed by atoms with Crippen molar-refractivity contribution >= 4 is 46.6 Å². The first-order valence-corrected chi connectivity index (χ1v) is 11.9. The second-order valence-electron chi connectivity index (χ2n) is 7.74. The summed E-state index contributed by atoms with van der Waals surface area (Å²) in [5, 5.41) is 1.84. The van der Waals surface area contributed by atoms with Crippen molar-refractivity contribution in [1.82, 2.24) is 5.32 Å². The molecule has 1 aliphatic rings. The number of carbonyl (C=O) groups is 3. The zero-order valence-electron chi connectivity index (χ0n) is 20.3. The van der Waals surface area contributed by atoms with E-state index in [4.69, 9.17) is 18.9 Å². The van der Waals surface area contributed by atoms with Crippen molar-refractivity contribution < 1.29 is 33.3 Å². The highest BCUT2D eigenvalue weighted by atomic mass is 32.2. The van der Waals surface area contributed by atoms with Gasteiger partial charge in [-0.3, -0.25) is 14.9 Å². The first-order valence-electron chi connectivity index (χ1n) is 11.0. The minimum absolute atomic E-state index is 0.344. The molecule has 1 fully saturated rings. The number of hydrogen-bond acceptors (Lipinski definition) is 8. The van der Waals surface area contributed by atoms with Gasteiger partial charge in [-0.1, -0.05) is 24.3 Å². The molecule has 1 aliphatic heterocycles. The van der Waals surface area contributed by atoms with Gasteiger partial charge >= 0.3 is 5.97 Å². The summed E-state index contributed by atoms with van der Waals surface area (Å²) < 4.78 is 21.5. The molecule has 8 nitrogen and oxygen atoms in total. The average molecular weight is 518 g/mol. The zero-order valence-corrected chi connectivity index (χ0v) is 21.1. The highest BCUT2D eigenvalue weighted by molar-refractivity contribution is 8.18. The molecule has 3 aromatic carbocycles. The number of ether oxygens (including phenoxy) is 4. The number of nitrogens with one attached hydrogen (secondary N) is 1. The predicted molar refractivity (Wildman–Crippen MR) is 141 cm³/mol. The molecule has 4 rings (SSSR count). The standard InChI is InChI=1S/C28H23NO7S/c1-33-22-12-18(13-23(16-22)34-2)14-24(27(31)35-3)19-6-10-21(11-7-19)36-20-8-4-17(5-9-20)15-25-26(30)29-28(32)37-25/h4-16H,1-3H3,(H,29,30,32)/b24-14-,25-15-. The van der Waals surface area contributed by atoms with Gasteiger partial charge in [0.15, 0.2) is 0 Å². The second-order valence-corrected chi connectivity index (χ2v) is 8.76. The van der Waals surface area contributed by atoms with E-state index in [0.717, 1.165) is 17.3 Å². The average Bonchev–Trinajstić information content (AvgIpc) is 3.24. The van der Waals surface area contributed by atoms with Gasteiger partial charge in [0.1, 0.15) is 23.0 Å². The summed E-state index contributed by atoms with van der Waals surface area (Å²) in [6, 6.07) is 19.4. The van der Waals surface area contributed by atoms with Gasteiger partial charge in [-0.2, -0.15) is 0 Å². The number of imide groups is 1. The van der Waals surface area contributed by atoms with Crippen LogP contribution >= 0.6 is 11.8 Å². The Morgan fingerprint density at radius 1 is 0.784 bits per heavy atom. The number of hydrogen-bond donors (Lipinski definition) is 1. The quantitative estimate of drug-likeness (QED) is 0.236.